The van der Waals surface area contributed by atoms with Crippen molar-refractivity contribution < 1.29 is 9.47 Å². The van der Waals surface area contributed by atoms with Crippen LogP contribution in [0.2, 0.25) is 10.6 Å². The number of fused-ring (bicyclic) bond motifs is 8. The van der Waals surface area contributed by atoms with Crippen LogP contribution in [-0.4, -0.2) is 29.9 Å². The van der Waals surface area contributed by atoms with Gasteiger partial charge in [0.2, 0.25) is 22.5 Å². The van der Waals surface area contributed by atoms with Crippen molar-refractivity contribution in [2.45, 2.75) is 0 Å². The van der Waals surface area contributed by atoms with E-state index in [1.165, 1.54) is 0 Å². The van der Waals surface area contributed by atoms with Crippen molar-refractivity contribution in [3.05, 3.63) is 59.1 Å². The molecule has 148 valence electrons. The van der Waals surface area contributed by atoms with Gasteiger partial charge in [0.25, 0.3) is 0 Å². The first kappa shape index (κ1) is 18.3. The van der Waals surface area contributed by atoms with Gasteiger partial charge in [-0.15, -0.1) is 0 Å². The molecule has 0 amide bonds. The van der Waals surface area contributed by atoms with Crippen LogP contribution >= 0.6 is 23.2 Å². The lowest BCUT2D eigenvalue weighted by molar-refractivity contribution is 0.421. The lowest BCUT2D eigenvalue weighted by Crippen LogP contribution is -2.04. The Labute approximate surface area is 179 Å². The highest BCUT2D eigenvalue weighted by atomic mass is 35.5. The van der Waals surface area contributed by atoms with Gasteiger partial charge in [-0.3, -0.25) is 0 Å². The highest BCUT2D eigenvalue weighted by Gasteiger charge is 2.12. The summed E-state index contributed by atoms with van der Waals surface area (Å²) in [6, 6.07) is 14.0. The number of halogens is 2. The fourth-order valence-corrected chi connectivity index (χ4v) is 2.92. The summed E-state index contributed by atoms with van der Waals surface area (Å²) in [6.07, 6.45) is 0. The monoisotopic (exact) mass is 440 g/mol. The molecule has 0 radical (unpaired) electrons. The number of rotatable bonds is 0. The number of ether oxygens (including phenoxy) is 2. The van der Waals surface area contributed by atoms with E-state index in [2.05, 4.69) is 40.5 Å². The molecule has 4 aromatic rings. The van der Waals surface area contributed by atoms with Crippen molar-refractivity contribution in [2.24, 2.45) is 0 Å². The Hall–Kier alpha value is -3.76. The van der Waals surface area contributed by atoms with E-state index in [9.17, 15) is 0 Å². The summed E-state index contributed by atoms with van der Waals surface area (Å²) in [7, 11) is 0. The lowest BCUT2D eigenvalue weighted by atomic mass is 10.3. The summed E-state index contributed by atoms with van der Waals surface area (Å²) in [4.78, 5) is 24.7. The molecule has 0 atom stereocenters. The Morgan fingerprint density at radius 2 is 1.10 bits per heavy atom. The number of nitrogens with one attached hydrogen (secondary N) is 2. The zero-order chi connectivity index (χ0) is 20.5. The number of benzene rings is 2. The fourth-order valence-electron chi connectivity index (χ4n) is 2.61. The Morgan fingerprint density at radius 3 is 1.63 bits per heavy atom. The molecule has 3 heterocycles. The van der Waals surface area contributed by atoms with Crippen LogP contribution in [0.3, 0.4) is 0 Å². The van der Waals surface area contributed by atoms with Gasteiger partial charge in [0.15, 0.2) is 0 Å². The van der Waals surface area contributed by atoms with E-state index in [4.69, 9.17) is 32.7 Å². The van der Waals surface area contributed by atoms with Gasteiger partial charge in [0.1, 0.15) is 11.5 Å². The van der Waals surface area contributed by atoms with E-state index < -0.39 is 0 Å². The van der Waals surface area contributed by atoms with E-state index in [0.717, 1.165) is 0 Å². The molecule has 2 N–H and O–H groups in total. The zero-order valence-electron chi connectivity index (χ0n) is 14.9. The number of anilines is 4. The molecule has 5 rings (SSSR count). The topological polar surface area (TPSA) is 120 Å². The van der Waals surface area contributed by atoms with Gasteiger partial charge < -0.3 is 20.1 Å². The molecule has 2 aromatic carbocycles. The average Bonchev–Trinajstić information content (AvgIpc) is 2.67. The van der Waals surface area contributed by atoms with Gasteiger partial charge in [-0.05, 0) is 53.5 Å². The molecule has 30 heavy (non-hydrogen) atoms. The van der Waals surface area contributed by atoms with E-state index in [1.54, 1.807) is 30.3 Å². The van der Waals surface area contributed by atoms with E-state index >= 15 is 0 Å². The maximum absolute atomic E-state index is 6.03. The zero-order valence-corrected chi connectivity index (χ0v) is 16.4. The molecular weight excluding hydrogens is 431 g/mol. The van der Waals surface area contributed by atoms with Crippen LogP contribution in [0, 0.1) is 0 Å². The molecule has 0 saturated carbocycles. The highest BCUT2D eigenvalue weighted by Crippen LogP contribution is 2.29. The predicted octanol–water partition coefficient (Wildman–Crippen LogP) is 4.75. The van der Waals surface area contributed by atoms with Crippen molar-refractivity contribution in [1.29, 1.82) is 0 Å². The third kappa shape index (κ3) is 4.14. The van der Waals surface area contributed by atoms with Crippen LogP contribution in [0.5, 0.6) is 23.5 Å². The molecule has 10 nitrogen and oxygen atoms in total. The van der Waals surface area contributed by atoms with Crippen molar-refractivity contribution in [3.8, 4) is 23.5 Å². The minimum atomic E-state index is -0.0208. The third-order valence-electron chi connectivity index (χ3n) is 3.77. The first-order valence-corrected chi connectivity index (χ1v) is 9.28. The minimum Gasteiger partial charge on any atom is -0.424 e. The Bertz CT molecular complexity index is 1080. The van der Waals surface area contributed by atoms with Gasteiger partial charge in [-0.25, -0.2) is 0 Å². The number of nitrogens with zero attached hydrogens (tertiary/aromatic N) is 6. The molecule has 0 unspecified atom stereocenters. The SMILES string of the molecule is Clc1nc2nc(n1)Oc1cccc(c1)Oc1nc(Cl)nc(n1)Nc1cccc(c1)N2. The van der Waals surface area contributed by atoms with Crippen molar-refractivity contribution in [1.82, 2.24) is 29.9 Å². The Morgan fingerprint density at radius 1 is 0.600 bits per heavy atom. The standard InChI is InChI=1S/C18H10Cl2N8O2/c19-13-23-15-21-9-3-1-4-10(7-9)22-16-24-14(20)26-18(28-16)30-12-6-2-5-11(8-12)29-17(25-13)27-15/h1-8H,(H,21,23,25,27)(H,22,24,26,28). The fraction of sp³-hybridized carbons (Fsp3) is 0. The predicted molar refractivity (Wildman–Crippen MR) is 109 cm³/mol. The van der Waals surface area contributed by atoms with Crippen molar-refractivity contribution >= 4 is 46.5 Å². The molecule has 0 spiro atoms. The van der Waals surface area contributed by atoms with Crippen molar-refractivity contribution in [3.63, 3.8) is 0 Å². The second-order valence-corrected chi connectivity index (χ2v) is 6.61. The van der Waals surface area contributed by atoms with Gasteiger partial charge in [0.05, 0.1) is 0 Å². The molecule has 0 fully saturated rings. The number of aromatic nitrogens is 6. The summed E-state index contributed by atoms with van der Waals surface area (Å²) >= 11 is 12.1. The summed E-state index contributed by atoms with van der Waals surface area (Å²) in [5.74, 6) is 1.25. The first-order chi connectivity index (χ1) is 14.6. The minimum absolute atomic E-state index is 0.0153. The summed E-state index contributed by atoms with van der Waals surface area (Å²) < 4.78 is 11.4. The van der Waals surface area contributed by atoms with Crippen LogP contribution in [0.4, 0.5) is 23.3 Å². The number of hydrogen-bond acceptors (Lipinski definition) is 10. The quantitative estimate of drug-likeness (QED) is 0.348. The van der Waals surface area contributed by atoms with Crippen molar-refractivity contribution in [2.75, 3.05) is 10.6 Å². The summed E-state index contributed by atoms with van der Waals surface area (Å²) in [5.41, 5.74) is 1.36. The Kier molecular flexibility index (Phi) is 4.62. The normalized spacial score (nSPS) is 12.1. The molecule has 1 aliphatic rings. The molecule has 1 aliphatic heterocycles. The summed E-state index contributed by atoms with van der Waals surface area (Å²) in [5, 5.41) is 6.08. The lowest BCUT2D eigenvalue weighted by Gasteiger charge is -2.12. The smallest absolute Gasteiger partial charge is 0.328 e. The van der Waals surface area contributed by atoms with Crippen LogP contribution < -0.4 is 20.1 Å². The molecule has 12 heteroatoms. The molecule has 0 aliphatic carbocycles. The maximum Gasteiger partial charge on any atom is 0.328 e. The average molecular weight is 441 g/mol. The molecular formula is C18H10Cl2N8O2. The van der Waals surface area contributed by atoms with Crippen LogP contribution in [0.15, 0.2) is 48.5 Å². The Balaban J connectivity index is 1.63. The van der Waals surface area contributed by atoms with Crippen LogP contribution in [0.25, 0.3) is 0 Å². The van der Waals surface area contributed by atoms with Crippen LogP contribution in [0.1, 0.15) is 0 Å². The third-order valence-corrected chi connectivity index (χ3v) is 4.11. The van der Waals surface area contributed by atoms with E-state index in [0.29, 0.717) is 22.9 Å². The van der Waals surface area contributed by atoms with E-state index in [1.807, 2.05) is 18.2 Å². The second-order valence-electron chi connectivity index (χ2n) is 5.93. The highest BCUT2D eigenvalue weighted by molar-refractivity contribution is 6.28. The number of hydrogen-bond donors (Lipinski definition) is 2. The van der Waals surface area contributed by atoms with Crippen LogP contribution in [-0.2, 0) is 0 Å². The largest absolute Gasteiger partial charge is 0.424 e. The van der Waals surface area contributed by atoms with Gasteiger partial charge in [-0.2, -0.15) is 29.9 Å². The van der Waals surface area contributed by atoms with E-state index in [-0.39, 0.29) is 34.5 Å². The molecule has 2 aromatic heterocycles. The first-order valence-electron chi connectivity index (χ1n) is 8.52. The molecule has 8 bridgehead atoms. The van der Waals surface area contributed by atoms with Gasteiger partial charge in [-0.1, -0.05) is 12.1 Å². The summed E-state index contributed by atoms with van der Waals surface area (Å²) in [6.45, 7) is 0. The molecule has 0 saturated heterocycles. The maximum atomic E-state index is 6.03. The van der Waals surface area contributed by atoms with Gasteiger partial charge >= 0.3 is 12.0 Å². The second kappa shape index (κ2) is 7.58. The van der Waals surface area contributed by atoms with Gasteiger partial charge in [0, 0.05) is 17.4 Å².